The van der Waals surface area contributed by atoms with Crippen molar-refractivity contribution in [2.75, 3.05) is 13.2 Å². The maximum absolute atomic E-state index is 11.3. The molecule has 0 bridgehead atoms. The first kappa shape index (κ1) is 17.3. The Hall–Kier alpha value is -2.10. The quantitative estimate of drug-likeness (QED) is 0.321. The molecule has 0 saturated carbocycles. The van der Waals surface area contributed by atoms with Crippen LogP contribution in [0.3, 0.4) is 0 Å². The van der Waals surface area contributed by atoms with Gasteiger partial charge in [-0.15, -0.1) is 0 Å². The summed E-state index contributed by atoms with van der Waals surface area (Å²) in [6.45, 7) is 10.2. The van der Waals surface area contributed by atoms with Crippen molar-refractivity contribution in [1.82, 2.24) is 0 Å². The summed E-state index contributed by atoms with van der Waals surface area (Å²) in [6, 6.07) is 0. The lowest BCUT2D eigenvalue weighted by Crippen LogP contribution is -2.20. The molecule has 1 unspecified atom stereocenters. The van der Waals surface area contributed by atoms with Crippen LogP contribution in [0.15, 0.2) is 52.9 Å². The van der Waals surface area contributed by atoms with Gasteiger partial charge in [-0.3, -0.25) is 4.99 Å². The van der Waals surface area contributed by atoms with Gasteiger partial charge in [-0.2, -0.15) is 0 Å². The number of esters is 1. The van der Waals surface area contributed by atoms with Crippen molar-refractivity contribution in [2.24, 2.45) is 10.4 Å². The van der Waals surface area contributed by atoms with Crippen LogP contribution < -0.4 is 0 Å². The second-order valence-corrected chi connectivity index (χ2v) is 6.27. The van der Waals surface area contributed by atoms with Crippen LogP contribution in [0, 0.1) is 5.41 Å². The van der Waals surface area contributed by atoms with Crippen LogP contribution in [0.4, 0.5) is 0 Å². The lowest BCUT2D eigenvalue weighted by Gasteiger charge is -2.29. The molecule has 0 fully saturated rings. The van der Waals surface area contributed by atoms with Gasteiger partial charge in [-0.25, -0.2) is 4.79 Å². The minimum Gasteiger partial charge on any atom is -0.496 e. The number of carbonyl (C=O) groups is 1. The predicted octanol–water partition coefficient (Wildman–Crippen LogP) is 4.11. The number of nitrogens with zero attached hydrogens (tertiary/aromatic N) is 1. The summed E-state index contributed by atoms with van der Waals surface area (Å²) in [5.74, 6) is 0.561. The number of aliphatic imine (C=N–C) groups is 1. The Bertz CT molecular complexity index is 610. The smallest absolute Gasteiger partial charge is 0.333 e. The Morgan fingerprint density at radius 2 is 2.17 bits per heavy atom. The van der Waals surface area contributed by atoms with Crippen molar-refractivity contribution in [1.29, 1.82) is 0 Å². The van der Waals surface area contributed by atoms with Crippen LogP contribution in [0.25, 0.3) is 0 Å². The minimum absolute atomic E-state index is 0.103. The number of hydrogen-bond donors (Lipinski definition) is 0. The topological polar surface area (TPSA) is 47.9 Å². The van der Waals surface area contributed by atoms with Crippen LogP contribution in [0.5, 0.6) is 0 Å². The standard InChI is InChI=1S/C19H25NO3/c1-14(2)18(21)23-13-7-12-22-16-8-5-6-10-19(4)11-9-15(3)20-17(16)19/h5-6,9,11H,1,7-8,10,12-13H2,2-4H3. The van der Waals surface area contributed by atoms with Gasteiger partial charge in [0.2, 0.25) is 0 Å². The number of allylic oxidation sites excluding steroid dienone is 4. The van der Waals surface area contributed by atoms with Gasteiger partial charge in [0.05, 0.1) is 18.9 Å². The number of carbonyl (C=O) groups excluding carboxylic acids is 1. The van der Waals surface area contributed by atoms with Crippen LogP contribution in [-0.2, 0) is 14.3 Å². The molecule has 1 aliphatic heterocycles. The number of ether oxygens (including phenoxy) is 2. The van der Waals surface area contributed by atoms with E-state index in [1.807, 2.05) is 6.92 Å². The lowest BCUT2D eigenvalue weighted by atomic mass is 9.81. The van der Waals surface area contributed by atoms with Crippen LogP contribution in [0.2, 0.25) is 0 Å². The Labute approximate surface area is 138 Å². The highest BCUT2D eigenvalue weighted by molar-refractivity contribution is 5.94. The highest BCUT2D eigenvalue weighted by atomic mass is 16.5. The summed E-state index contributed by atoms with van der Waals surface area (Å²) >= 11 is 0. The Balaban J connectivity index is 1.96. The zero-order valence-electron chi connectivity index (χ0n) is 14.2. The van der Waals surface area contributed by atoms with E-state index in [4.69, 9.17) is 14.5 Å². The molecule has 0 spiro atoms. The predicted molar refractivity (Wildman–Crippen MR) is 92.1 cm³/mol. The molecule has 0 saturated heterocycles. The number of rotatable bonds is 6. The summed E-state index contributed by atoms with van der Waals surface area (Å²) < 4.78 is 11.0. The molecule has 23 heavy (non-hydrogen) atoms. The minimum atomic E-state index is -0.352. The Morgan fingerprint density at radius 3 is 2.91 bits per heavy atom. The molecule has 0 aromatic rings. The molecular weight excluding hydrogens is 290 g/mol. The molecule has 4 nitrogen and oxygen atoms in total. The van der Waals surface area contributed by atoms with E-state index >= 15 is 0 Å². The summed E-state index contributed by atoms with van der Waals surface area (Å²) in [5, 5.41) is 0. The van der Waals surface area contributed by atoms with Crippen LogP contribution in [0.1, 0.15) is 40.0 Å². The van der Waals surface area contributed by atoms with E-state index in [1.54, 1.807) is 6.92 Å². The first-order valence-electron chi connectivity index (χ1n) is 8.01. The fraction of sp³-hybridized carbons (Fsp3) is 0.474. The van der Waals surface area contributed by atoms with Gasteiger partial charge in [0, 0.05) is 29.5 Å². The maximum atomic E-state index is 11.3. The van der Waals surface area contributed by atoms with Gasteiger partial charge in [0.1, 0.15) is 5.76 Å². The van der Waals surface area contributed by atoms with Gasteiger partial charge in [-0.1, -0.05) is 31.7 Å². The van der Waals surface area contributed by atoms with Crippen LogP contribution >= 0.6 is 0 Å². The maximum Gasteiger partial charge on any atom is 0.333 e. The van der Waals surface area contributed by atoms with Crippen molar-refractivity contribution in [3.05, 3.63) is 47.9 Å². The molecule has 0 aromatic carbocycles. The third-order valence-corrected chi connectivity index (χ3v) is 3.94. The van der Waals surface area contributed by atoms with Crippen LogP contribution in [-0.4, -0.2) is 24.9 Å². The zero-order chi connectivity index (χ0) is 16.9. The highest BCUT2D eigenvalue weighted by Crippen LogP contribution is 2.41. The molecule has 4 heteroatoms. The first-order valence-corrected chi connectivity index (χ1v) is 8.01. The van der Waals surface area contributed by atoms with E-state index in [1.165, 1.54) is 0 Å². The fourth-order valence-corrected chi connectivity index (χ4v) is 2.56. The van der Waals surface area contributed by atoms with E-state index in [2.05, 4.69) is 37.8 Å². The SMILES string of the molecule is C=C(C)C(=O)OCCCOC1=C2N=C(C)C=CC2(C)CC=CC1. The second kappa shape index (κ2) is 7.44. The largest absolute Gasteiger partial charge is 0.496 e. The second-order valence-electron chi connectivity index (χ2n) is 6.27. The summed E-state index contributed by atoms with van der Waals surface area (Å²) in [5.41, 5.74) is 2.32. The van der Waals surface area contributed by atoms with Gasteiger partial charge < -0.3 is 9.47 Å². The molecule has 2 aliphatic rings. The van der Waals surface area contributed by atoms with Gasteiger partial charge >= 0.3 is 5.97 Å². The van der Waals surface area contributed by atoms with Crippen molar-refractivity contribution in [3.63, 3.8) is 0 Å². The lowest BCUT2D eigenvalue weighted by molar-refractivity contribution is -0.139. The summed E-state index contributed by atoms with van der Waals surface area (Å²) in [7, 11) is 0. The summed E-state index contributed by atoms with van der Waals surface area (Å²) in [4.78, 5) is 16.0. The third-order valence-electron chi connectivity index (χ3n) is 3.94. The molecule has 1 heterocycles. The molecule has 0 radical (unpaired) electrons. The number of hydrogen-bond acceptors (Lipinski definition) is 4. The fourth-order valence-electron chi connectivity index (χ4n) is 2.56. The molecule has 1 atom stereocenters. The van der Waals surface area contributed by atoms with Gasteiger partial charge in [0.25, 0.3) is 0 Å². The highest BCUT2D eigenvalue weighted by Gasteiger charge is 2.32. The van der Waals surface area contributed by atoms with E-state index < -0.39 is 0 Å². The molecule has 0 aromatic heterocycles. The van der Waals surface area contributed by atoms with E-state index in [0.29, 0.717) is 25.2 Å². The van der Waals surface area contributed by atoms with E-state index in [0.717, 1.165) is 30.0 Å². The first-order chi connectivity index (χ1) is 10.9. The normalized spacial score (nSPS) is 23.0. The molecule has 0 amide bonds. The Kier molecular flexibility index (Phi) is 5.59. The van der Waals surface area contributed by atoms with Gasteiger partial charge in [-0.05, 0) is 26.3 Å². The third kappa shape index (κ3) is 4.44. The van der Waals surface area contributed by atoms with Crippen molar-refractivity contribution < 1.29 is 14.3 Å². The molecule has 0 N–H and O–H groups in total. The Morgan fingerprint density at radius 1 is 1.39 bits per heavy atom. The number of dihydropyridines is 1. The van der Waals surface area contributed by atoms with E-state index in [-0.39, 0.29) is 11.4 Å². The molecule has 124 valence electrons. The van der Waals surface area contributed by atoms with Crippen molar-refractivity contribution >= 4 is 11.7 Å². The average molecular weight is 315 g/mol. The van der Waals surface area contributed by atoms with Gasteiger partial charge in [0.15, 0.2) is 0 Å². The average Bonchev–Trinajstić information content (AvgIpc) is 2.66. The van der Waals surface area contributed by atoms with E-state index in [9.17, 15) is 4.79 Å². The molecule has 2 rings (SSSR count). The zero-order valence-corrected chi connectivity index (χ0v) is 14.2. The monoisotopic (exact) mass is 315 g/mol. The van der Waals surface area contributed by atoms with Crippen molar-refractivity contribution in [3.8, 4) is 0 Å². The molecule has 1 aliphatic carbocycles. The van der Waals surface area contributed by atoms with Crippen molar-refractivity contribution in [2.45, 2.75) is 40.0 Å². The molecular formula is C19H25NO3. The summed E-state index contributed by atoms with van der Waals surface area (Å²) in [6.07, 6.45) is 10.9. The number of fused-ring (bicyclic) bond motifs is 1.